The SMILES string of the molecule is O=C(CCC1CC(c2ccc(F)cc2)NN1)N(Cc1ccccc1)Cc1ccccc1. The Morgan fingerprint density at radius 3 is 2.00 bits per heavy atom. The molecule has 1 fully saturated rings. The first-order valence-corrected chi connectivity index (χ1v) is 10.8. The Balaban J connectivity index is 1.35. The number of halogens is 1. The van der Waals surface area contributed by atoms with Crippen LogP contribution in [0.5, 0.6) is 0 Å². The summed E-state index contributed by atoms with van der Waals surface area (Å²) >= 11 is 0. The number of hydrogen-bond acceptors (Lipinski definition) is 3. The van der Waals surface area contributed by atoms with Crippen molar-refractivity contribution in [1.29, 1.82) is 0 Å². The summed E-state index contributed by atoms with van der Waals surface area (Å²) in [5.74, 6) is -0.0754. The third-order valence-corrected chi connectivity index (χ3v) is 5.75. The molecule has 1 saturated heterocycles. The highest BCUT2D eigenvalue weighted by Gasteiger charge is 2.26. The van der Waals surface area contributed by atoms with E-state index < -0.39 is 0 Å². The molecule has 4 nitrogen and oxygen atoms in total. The number of nitrogens with one attached hydrogen (secondary N) is 2. The zero-order valence-electron chi connectivity index (χ0n) is 17.5. The molecule has 160 valence electrons. The zero-order valence-corrected chi connectivity index (χ0v) is 17.5. The molecule has 1 amide bonds. The third kappa shape index (κ3) is 6.00. The van der Waals surface area contributed by atoms with E-state index in [9.17, 15) is 9.18 Å². The summed E-state index contributed by atoms with van der Waals surface area (Å²) < 4.78 is 13.2. The van der Waals surface area contributed by atoms with Crippen molar-refractivity contribution in [3.05, 3.63) is 107 Å². The van der Waals surface area contributed by atoms with Gasteiger partial charge in [0.05, 0.1) is 0 Å². The van der Waals surface area contributed by atoms with E-state index in [-0.39, 0.29) is 23.8 Å². The maximum atomic E-state index is 13.2. The fraction of sp³-hybridized carbons (Fsp3) is 0.269. The molecule has 31 heavy (non-hydrogen) atoms. The fourth-order valence-electron chi connectivity index (χ4n) is 4.02. The van der Waals surface area contributed by atoms with Crippen LogP contribution < -0.4 is 10.9 Å². The van der Waals surface area contributed by atoms with Crippen LogP contribution in [0.2, 0.25) is 0 Å². The zero-order chi connectivity index (χ0) is 21.5. The van der Waals surface area contributed by atoms with Crippen LogP contribution in [0, 0.1) is 5.82 Å². The highest BCUT2D eigenvalue weighted by Crippen LogP contribution is 2.24. The Kier molecular flexibility index (Phi) is 7.07. The molecule has 3 aromatic rings. The standard InChI is InChI=1S/C26H28FN3O/c27-23-13-11-22(12-14-23)25-17-24(28-29-25)15-16-26(31)30(18-20-7-3-1-4-8-20)19-21-9-5-2-6-10-21/h1-14,24-25,28-29H,15-19H2. The van der Waals surface area contributed by atoms with Gasteiger partial charge in [-0.25, -0.2) is 4.39 Å². The van der Waals surface area contributed by atoms with Crippen LogP contribution in [0.3, 0.4) is 0 Å². The van der Waals surface area contributed by atoms with Gasteiger partial charge in [0.15, 0.2) is 0 Å². The summed E-state index contributed by atoms with van der Waals surface area (Å²) in [7, 11) is 0. The van der Waals surface area contributed by atoms with Gasteiger partial charge in [-0.3, -0.25) is 15.6 Å². The van der Waals surface area contributed by atoms with E-state index in [2.05, 4.69) is 35.1 Å². The number of hydrazine groups is 1. The van der Waals surface area contributed by atoms with Gasteiger partial charge in [-0.05, 0) is 41.7 Å². The van der Waals surface area contributed by atoms with Gasteiger partial charge >= 0.3 is 0 Å². The quantitative estimate of drug-likeness (QED) is 0.556. The lowest BCUT2D eigenvalue weighted by Gasteiger charge is -2.24. The predicted octanol–water partition coefficient (Wildman–Crippen LogP) is 4.74. The normalized spacial score (nSPS) is 18.1. The molecule has 0 radical (unpaired) electrons. The van der Waals surface area contributed by atoms with Gasteiger partial charge in [-0.2, -0.15) is 0 Å². The first kappa shape index (κ1) is 21.2. The molecule has 0 spiro atoms. The van der Waals surface area contributed by atoms with Crippen LogP contribution in [-0.2, 0) is 17.9 Å². The Labute approximate surface area is 183 Å². The summed E-state index contributed by atoms with van der Waals surface area (Å²) in [6.45, 7) is 1.20. The third-order valence-electron chi connectivity index (χ3n) is 5.75. The number of hydrogen-bond donors (Lipinski definition) is 2. The van der Waals surface area contributed by atoms with Crippen molar-refractivity contribution in [2.75, 3.05) is 0 Å². The Bertz CT molecular complexity index is 921. The van der Waals surface area contributed by atoms with Crippen LogP contribution >= 0.6 is 0 Å². The lowest BCUT2D eigenvalue weighted by molar-refractivity contribution is -0.132. The van der Waals surface area contributed by atoms with Crippen molar-refractivity contribution >= 4 is 5.91 Å². The van der Waals surface area contributed by atoms with Crippen molar-refractivity contribution < 1.29 is 9.18 Å². The van der Waals surface area contributed by atoms with E-state index in [1.54, 1.807) is 0 Å². The van der Waals surface area contributed by atoms with E-state index in [0.29, 0.717) is 19.5 Å². The molecule has 1 heterocycles. The van der Waals surface area contributed by atoms with Gasteiger partial charge < -0.3 is 4.90 Å². The predicted molar refractivity (Wildman–Crippen MR) is 120 cm³/mol. The fourth-order valence-corrected chi connectivity index (χ4v) is 4.02. The second-order valence-electron chi connectivity index (χ2n) is 8.09. The van der Waals surface area contributed by atoms with E-state index in [1.165, 1.54) is 12.1 Å². The minimum absolute atomic E-state index is 0.130. The lowest BCUT2D eigenvalue weighted by atomic mass is 9.99. The van der Waals surface area contributed by atoms with Crippen LogP contribution in [0.1, 0.15) is 42.0 Å². The summed E-state index contributed by atoms with van der Waals surface area (Å²) in [5.41, 5.74) is 9.89. The Hall–Kier alpha value is -3.02. The number of benzene rings is 3. The van der Waals surface area contributed by atoms with Crippen molar-refractivity contribution in [2.24, 2.45) is 0 Å². The molecule has 4 rings (SSSR count). The van der Waals surface area contributed by atoms with Crippen molar-refractivity contribution in [3.8, 4) is 0 Å². The maximum Gasteiger partial charge on any atom is 0.223 e. The molecule has 1 aliphatic rings. The molecule has 0 bridgehead atoms. The summed E-state index contributed by atoms with van der Waals surface area (Å²) in [6, 6.07) is 27.1. The topological polar surface area (TPSA) is 44.4 Å². The summed E-state index contributed by atoms with van der Waals surface area (Å²) in [6.07, 6.45) is 2.11. The number of rotatable bonds is 8. The molecule has 2 N–H and O–H groups in total. The average molecular weight is 418 g/mol. The minimum Gasteiger partial charge on any atom is -0.334 e. The Morgan fingerprint density at radius 2 is 1.42 bits per heavy atom. The van der Waals surface area contributed by atoms with E-state index in [1.807, 2.05) is 53.4 Å². The van der Waals surface area contributed by atoms with Gasteiger partial charge in [-0.15, -0.1) is 0 Å². The summed E-state index contributed by atoms with van der Waals surface area (Å²) in [5, 5.41) is 0. The Morgan fingerprint density at radius 1 is 0.839 bits per heavy atom. The van der Waals surface area contributed by atoms with Crippen molar-refractivity contribution in [1.82, 2.24) is 15.8 Å². The molecule has 0 saturated carbocycles. The number of nitrogens with zero attached hydrogens (tertiary/aromatic N) is 1. The van der Waals surface area contributed by atoms with Gasteiger partial charge in [0.1, 0.15) is 5.82 Å². The highest BCUT2D eigenvalue weighted by molar-refractivity contribution is 5.76. The van der Waals surface area contributed by atoms with Gasteiger partial charge in [0.2, 0.25) is 5.91 Å². The van der Waals surface area contributed by atoms with Gasteiger partial charge in [0, 0.05) is 31.6 Å². The van der Waals surface area contributed by atoms with E-state index >= 15 is 0 Å². The van der Waals surface area contributed by atoms with Crippen molar-refractivity contribution in [3.63, 3.8) is 0 Å². The maximum absolute atomic E-state index is 13.2. The first-order chi connectivity index (χ1) is 15.2. The molecule has 2 unspecified atom stereocenters. The minimum atomic E-state index is -0.228. The molecule has 5 heteroatoms. The molecule has 3 aromatic carbocycles. The summed E-state index contributed by atoms with van der Waals surface area (Å²) in [4.78, 5) is 15.1. The molecule has 0 aliphatic carbocycles. The second kappa shape index (κ2) is 10.3. The number of carbonyl (C=O) groups excluding carboxylic acids is 1. The monoisotopic (exact) mass is 417 g/mol. The smallest absolute Gasteiger partial charge is 0.223 e. The second-order valence-corrected chi connectivity index (χ2v) is 8.09. The molecule has 1 aliphatic heterocycles. The highest BCUT2D eigenvalue weighted by atomic mass is 19.1. The van der Waals surface area contributed by atoms with Crippen LogP contribution in [0.15, 0.2) is 84.9 Å². The molecule has 0 aromatic heterocycles. The van der Waals surface area contributed by atoms with Crippen LogP contribution in [-0.4, -0.2) is 16.8 Å². The van der Waals surface area contributed by atoms with Crippen LogP contribution in [0.4, 0.5) is 4.39 Å². The molecule has 2 atom stereocenters. The van der Waals surface area contributed by atoms with E-state index in [4.69, 9.17) is 0 Å². The first-order valence-electron chi connectivity index (χ1n) is 10.8. The lowest BCUT2D eigenvalue weighted by Crippen LogP contribution is -2.34. The largest absolute Gasteiger partial charge is 0.334 e. The van der Waals surface area contributed by atoms with Crippen molar-refractivity contribution in [2.45, 2.75) is 44.4 Å². The number of amides is 1. The van der Waals surface area contributed by atoms with Gasteiger partial charge in [0.25, 0.3) is 0 Å². The van der Waals surface area contributed by atoms with E-state index in [0.717, 1.165) is 29.5 Å². The molecular weight excluding hydrogens is 389 g/mol. The van der Waals surface area contributed by atoms with Gasteiger partial charge in [-0.1, -0.05) is 72.8 Å². The molecular formula is C26H28FN3O. The number of carbonyl (C=O) groups is 1. The van der Waals surface area contributed by atoms with Crippen LogP contribution in [0.25, 0.3) is 0 Å². The average Bonchev–Trinajstić information content (AvgIpc) is 3.28.